The van der Waals surface area contributed by atoms with Crippen LogP contribution in [0.25, 0.3) is 0 Å². The quantitative estimate of drug-likeness (QED) is 0.474. The van der Waals surface area contributed by atoms with Gasteiger partial charge in [0.05, 0.1) is 4.92 Å². The van der Waals surface area contributed by atoms with Crippen molar-refractivity contribution in [1.29, 1.82) is 0 Å². The van der Waals surface area contributed by atoms with Gasteiger partial charge in [-0.25, -0.2) is 0 Å². The highest BCUT2D eigenvalue weighted by Crippen LogP contribution is 2.44. The second-order valence-electron chi connectivity index (χ2n) is 2.15. The van der Waals surface area contributed by atoms with E-state index >= 15 is 0 Å². The summed E-state index contributed by atoms with van der Waals surface area (Å²) in [6.45, 7) is 0. The van der Waals surface area contributed by atoms with Gasteiger partial charge in [-0.1, -0.05) is 0 Å². The van der Waals surface area contributed by atoms with E-state index in [1.807, 2.05) is 0 Å². The first kappa shape index (κ1) is 10.3. The van der Waals surface area contributed by atoms with Gasteiger partial charge in [0.1, 0.15) is 4.47 Å². The van der Waals surface area contributed by atoms with E-state index < -0.39 is 22.1 Å². The van der Waals surface area contributed by atoms with Crippen LogP contribution in [0.3, 0.4) is 0 Å². The van der Waals surface area contributed by atoms with Crippen LogP contribution in [0.5, 0.6) is 11.5 Å². The van der Waals surface area contributed by atoms with Crippen LogP contribution in [0.1, 0.15) is 0 Å². The molecule has 0 aliphatic heterocycles. The summed E-state index contributed by atoms with van der Waals surface area (Å²) in [4.78, 5) is 9.64. The fourth-order valence-corrected chi connectivity index (χ4v) is 1.61. The SMILES string of the molecule is O=[N+]([O-])c1c(O)c(O)cc(Br)c1Br. The summed E-state index contributed by atoms with van der Waals surface area (Å²) >= 11 is 5.88. The minimum absolute atomic E-state index is 0.0906. The Labute approximate surface area is 89.4 Å². The van der Waals surface area contributed by atoms with E-state index in [4.69, 9.17) is 10.2 Å². The number of nitro benzene ring substituents is 1. The maximum atomic E-state index is 10.4. The molecule has 0 fully saturated rings. The van der Waals surface area contributed by atoms with Crippen LogP contribution in [0, 0.1) is 10.1 Å². The molecule has 0 aromatic heterocycles. The Kier molecular flexibility index (Phi) is 2.77. The molecule has 0 bridgehead atoms. The molecule has 7 heteroatoms. The van der Waals surface area contributed by atoms with Crippen LogP contribution in [-0.2, 0) is 0 Å². The highest BCUT2D eigenvalue weighted by molar-refractivity contribution is 9.13. The first-order valence-corrected chi connectivity index (χ1v) is 4.58. The topological polar surface area (TPSA) is 83.6 Å². The third-order valence-corrected chi connectivity index (χ3v) is 3.29. The average molecular weight is 313 g/mol. The van der Waals surface area contributed by atoms with Crippen LogP contribution < -0.4 is 0 Å². The van der Waals surface area contributed by atoms with Gasteiger partial charge >= 0.3 is 5.69 Å². The van der Waals surface area contributed by atoms with Gasteiger partial charge in [0, 0.05) is 4.47 Å². The summed E-state index contributed by atoms with van der Waals surface area (Å²) in [6, 6.07) is 1.16. The highest BCUT2D eigenvalue weighted by atomic mass is 79.9. The Balaban J connectivity index is 3.56. The molecular formula is C6H3Br2NO4. The van der Waals surface area contributed by atoms with Crippen molar-refractivity contribution in [3.05, 3.63) is 25.1 Å². The standard InChI is InChI=1S/C6H3Br2NO4/c7-2-1-3(10)6(11)5(4(2)8)9(12)13/h1,10-11H. The number of rotatable bonds is 1. The van der Waals surface area contributed by atoms with Crippen molar-refractivity contribution < 1.29 is 15.1 Å². The lowest BCUT2D eigenvalue weighted by Gasteiger charge is -2.02. The van der Waals surface area contributed by atoms with Crippen molar-refractivity contribution in [3.63, 3.8) is 0 Å². The number of benzene rings is 1. The maximum absolute atomic E-state index is 10.4. The predicted molar refractivity (Wildman–Crippen MR) is 51.8 cm³/mol. The normalized spacial score (nSPS) is 10.0. The lowest BCUT2D eigenvalue weighted by molar-refractivity contribution is -0.386. The zero-order chi connectivity index (χ0) is 10.2. The Morgan fingerprint density at radius 1 is 1.38 bits per heavy atom. The molecule has 0 saturated heterocycles. The maximum Gasteiger partial charge on any atom is 0.329 e. The zero-order valence-electron chi connectivity index (χ0n) is 5.99. The summed E-state index contributed by atoms with van der Waals surface area (Å²) in [5.41, 5.74) is -0.563. The van der Waals surface area contributed by atoms with Gasteiger partial charge in [0.2, 0.25) is 5.75 Å². The van der Waals surface area contributed by atoms with Gasteiger partial charge in [0.15, 0.2) is 5.75 Å². The minimum Gasteiger partial charge on any atom is -0.504 e. The molecule has 2 N–H and O–H groups in total. The molecule has 0 radical (unpaired) electrons. The number of hydrogen-bond acceptors (Lipinski definition) is 4. The molecule has 0 aliphatic carbocycles. The van der Waals surface area contributed by atoms with Crippen molar-refractivity contribution in [3.8, 4) is 11.5 Å². The molecule has 0 spiro atoms. The van der Waals surface area contributed by atoms with Gasteiger partial charge in [-0.3, -0.25) is 10.1 Å². The third-order valence-electron chi connectivity index (χ3n) is 1.33. The van der Waals surface area contributed by atoms with Gasteiger partial charge in [0.25, 0.3) is 0 Å². The molecule has 13 heavy (non-hydrogen) atoms. The summed E-state index contributed by atoms with van der Waals surface area (Å²) in [5.74, 6) is -1.29. The molecule has 1 aromatic rings. The van der Waals surface area contributed by atoms with E-state index in [0.29, 0.717) is 4.47 Å². The fourth-order valence-electron chi connectivity index (χ4n) is 0.757. The molecule has 0 saturated carbocycles. The lowest BCUT2D eigenvalue weighted by atomic mass is 10.3. The predicted octanol–water partition coefficient (Wildman–Crippen LogP) is 2.53. The summed E-state index contributed by atoms with van der Waals surface area (Å²) in [7, 11) is 0. The molecule has 0 atom stereocenters. The van der Waals surface area contributed by atoms with Crippen molar-refractivity contribution in [2.75, 3.05) is 0 Å². The van der Waals surface area contributed by atoms with Crippen molar-refractivity contribution >= 4 is 37.5 Å². The molecule has 70 valence electrons. The van der Waals surface area contributed by atoms with Gasteiger partial charge in [-0.05, 0) is 37.9 Å². The van der Waals surface area contributed by atoms with Crippen LogP contribution >= 0.6 is 31.9 Å². The lowest BCUT2D eigenvalue weighted by Crippen LogP contribution is -1.91. The molecule has 0 amide bonds. The smallest absolute Gasteiger partial charge is 0.329 e. The number of halogens is 2. The second kappa shape index (κ2) is 3.51. The fraction of sp³-hybridized carbons (Fsp3) is 0. The summed E-state index contributed by atoms with van der Waals surface area (Å²) in [6.07, 6.45) is 0. The molecule has 0 aliphatic rings. The first-order valence-electron chi connectivity index (χ1n) is 2.99. The van der Waals surface area contributed by atoms with Gasteiger partial charge < -0.3 is 10.2 Å². The Morgan fingerprint density at radius 3 is 2.38 bits per heavy atom. The van der Waals surface area contributed by atoms with E-state index in [2.05, 4.69) is 31.9 Å². The van der Waals surface area contributed by atoms with E-state index in [0.717, 1.165) is 6.07 Å². The van der Waals surface area contributed by atoms with Crippen molar-refractivity contribution in [1.82, 2.24) is 0 Å². The third kappa shape index (κ3) is 1.75. The zero-order valence-corrected chi connectivity index (χ0v) is 9.16. The molecular weight excluding hydrogens is 310 g/mol. The molecule has 1 aromatic carbocycles. The Hall–Kier alpha value is -0.820. The molecule has 0 heterocycles. The number of phenolic OH excluding ortho intramolecular Hbond substituents is 2. The Bertz CT molecular complexity index is 353. The average Bonchev–Trinajstić information content (AvgIpc) is 2.01. The molecule has 1 rings (SSSR count). The number of nitro groups is 1. The van der Waals surface area contributed by atoms with Crippen LogP contribution in [0.2, 0.25) is 0 Å². The van der Waals surface area contributed by atoms with Crippen molar-refractivity contribution in [2.45, 2.75) is 0 Å². The van der Waals surface area contributed by atoms with E-state index in [1.165, 1.54) is 0 Å². The van der Waals surface area contributed by atoms with Crippen LogP contribution in [-0.4, -0.2) is 15.1 Å². The summed E-state index contributed by atoms with van der Waals surface area (Å²) in [5, 5.41) is 28.6. The molecule has 0 unspecified atom stereocenters. The van der Waals surface area contributed by atoms with Gasteiger partial charge in [-0.15, -0.1) is 0 Å². The van der Waals surface area contributed by atoms with Gasteiger partial charge in [-0.2, -0.15) is 0 Å². The molecule has 5 nitrogen and oxygen atoms in total. The number of aromatic hydroxyl groups is 2. The van der Waals surface area contributed by atoms with E-state index in [9.17, 15) is 10.1 Å². The monoisotopic (exact) mass is 311 g/mol. The van der Waals surface area contributed by atoms with Crippen LogP contribution in [0.4, 0.5) is 5.69 Å². The van der Waals surface area contributed by atoms with E-state index in [-0.39, 0.29) is 4.47 Å². The Morgan fingerprint density at radius 2 is 1.92 bits per heavy atom. The summed E-state index contributed by atoms with van der Waals surface area (Å²) < 4.78 is 0.391. The number of nitrogens with zero attached hydrogens (tertiary/aromatic N) is 1. The van der Waals surface area contributed by atoms with Crippen LogP contribution in [0.15, 0.2) is 15.0 Å². The number of hydrogen-bond donors (Lipinski definition) is 2. The number of phenols is 2. The highest BCUT2D eigenvalue weighted by Gasteiger charge is 2.24. The second-order valence-corrected chi connectivity index (χ2v) is 3.79. The largest absolute Gasteiger partial charge is 0.504 e. The first-order chi connectivity index (χ1) is 5.95. The van der Waals surface area contributed by atoms with E-state index in [1.54, 1.807) is 0 Å². The minimum atomic E-state index is -0.788. The van der Waals surface area contributed by atoms with Crippen molar-refractivity contribution in [2.24, 2.45) is 0 Å².